The average molecular weight is 319 g/mol. The van der Waals surface area contributed by atoms with Crippen molar-refractivity contribution in [2.75, 3.05) is 0 Å². The van der Waals surface area contributed by atoms with E-state index in [1.165, 1.54) is 70.6 Å². The van der Waals surface area contributed by atoms with Crippen LogP contribution in [0.3, 0.4) is 0 Å². The van der Waals surface area contributed by atoms with Crippen LogP contribution < -0.4 is 0 Å². The summed E-state index contributed by atoms with van der Waals surface area (Å²) in [6.45, 7) is 4.50. The molecule has 0 radical (unpaired) electrons. The van der Waals surface area contributed by atoms with E-state index in [4.69, 9.17) is 0 Å². The van der Waals surface area contributed by atoms with Crippen LogP contribution in [-0.2, 0) is 0 Å². The third-order valence-electron chi connectivity index (χ3n) is 6.76. The van der Waals surface area contributed by atoms with E-state index in [0.717, 1.165) is 23.7 Å². The molecule has 0 nitrogen and oxygen atoms in total. The minimum absolute atomic E-state index is 0.902. The van der Waals surface area contributed by atoms with Crippen molar-refractivity contribution in [3.63, 3.8) is 0 Å². The quantitative estimate of drug-likeness (QED) is 0.299. The lowest BCUT2D eigenvalue weighted by Crippen LogP contribution is -2.15. The van der Waals surface area contributed by atoms with Crippen LogP contribution in [0.1, 0.15) is 110 Å². The molecule has 2 aliphatic carbocycles. The lowest BCUT2D eigenvalue weighted by Gasteiger charge is -2.29. The van der Waals surface area contributed by atoms with Crippen molar-refractivity contribution in [3.05, 3.63) is 12.2 Å². The molecule has 0 heterocycles. The van der Waals surface area contributed by atoms with Gasteiger partial charge in [-0.3, -0.25) is 0 Å². The zero-order chi connectivity index (χ0) is 16.3. The molecule has 0 aliphatic heterocycles. The minimum Gasteiger partial charge on any atom is -0.0914 e. The van der Waals surface area contributed by atoms with E-state index in [1.807, 2.05) is 0 Å². The van der Waals surface area contributed by atoms with E-state index in [9.17, 15) is 0 Å². The Hall–Kier alpha value is -0.260. The van der Waals surface area contributed by atoms with Gasteiger partial charge in [-0.15, -0.1) is 0 Å². The van der Waals surface area contributed by atoms with Crippen molar-refractivity contribution in [1.82, 2.24) is 0 Å². The molecule has 0 atom stereocenters. The Kier molecular flexibility index (Phi) is 9.39. The van der Waals surface area contributed by atoms with Crippen LogP contribution in [0.2, 0.25) is 0 Å². The fourth-order valence-electron chi connectivity index (χ4n) is 5.11. The highest BCUT2D eigenvalue weighted by Crippen LogP contribution is 2.36. The molecule has 0 spiro atoms. The molecule has 0 aromatic rings. The topological polar surface area (TPSA) is 0 Å². The molecule has 0 aromatic carbocycles. The van der Waals surface area contributed by atoms with Crippen LogP contribution in [0.15, 0.2) is 12.2 Å². The van der Waals surface area contributed by atoms with Crippen molar-refractivity contribution in [2.45, 2.75) is 110 Å². The summed E-state index contributed by atoms with van der Waals surface area (Å²) in [7, 11) is 0. The van der Waals surface area contributed by atoms with E-state index in [-0.39, 0.29) is 0 Å². The number of allylic oxidation sites excluding steroid dienone is 2. The summed E-state index contributed by atoms with van der Waals surface area (Å²) in [6.07, 6.45) is 27.2. The molecule has 2 aliphatic rings. The first-order chi connectivity index (χ1) is 11.3. The van der Waals surface area contributed by atoms with Gasteiger partial charge in [0.1, 0.15) is 0 Å². The standard InChI is InChI=1S/C23H42/c1-3-5-9-21-16-18-23(19-17-21)11-7-6-10-22-14-12-20(8-4-2)13-15-22/h4,8,20-23H,3,5-7,9-19H2,1-2H3/t20?,21-,22?,23-. The molecule has 0 heteroatoms. The molecule has 23 heavy (non-hydrogen) atoms. The Bertz CT molecular complexity index is 300. The third kappa shape index (κ3) is 7.44. The van der Waals surface area contributed by atoms with E-state index >= 15 is 0 Å². The molecule has 0 N–H and O–H groups in total. The Labute approximate surface area is 146 Å². The van der Waals surface area contributed by atoms with Gasteiger partial charge < -0.3 is 0 Å². The molecular formula is C23H42. The maximum absolute atomic E-state index is 2.44. The van der Waals surface area contributed by atoms with Crippen molar-refractivity contribution in [2.24, 2.45) is 23.7 Å². The predicted molar refractivity (Wildman–Crippen MR) is 104 cm³/mol. The van der Waals surface area contributed by atoms with Crippen LogP contribution in [0.25, 0.3) is 0 Å². The first-order valence-electron chi connectivity index (χ1n) is 10.9. The van der Waals surface area contributed by atoms with Crippen molar-refractivity contribution >= 4 is 0 Å². The fraction of sp³-hybridized carbons (Fsp3) is 0.913. The lowest BCUT2D eigenvalue weighted by molar-refractivity contribution is 0.240. The summed E-state index contributed by atoms with van der Waals surface area (Å²) in [6, 6.07) is 0. The van der Waals surface area contributed by atoms with Crippen LogP contribution in [0.5, 0.6) is 0 Å². The van der Waals surface area contributed by atoms with Crippen LogP contribution in [0, 0.1) is 23.7 Å². The maximum Gasteiger partial charge on any atom is -0.0233 e. The Morgan fingerprint density at radius 2 is 1.09 bits per heavy atom. The molecule has 2 fully saturated rings. The highest BCUT2D eigenvalue weighted by molar-refractivity contribution is 4.88. The SMILES string of the molecule is CC=CC1CCC(CCCC[C@H]2CC[C@H](CCCC)CC2)CC1. The number of rotatable bonds is 9. The Morgan fingerprint density at radius 1 is 0.652 bits per heavy atom. The summed E-state index contributed by atoms with van der Waals surface area (Å²) in [5, 5.41) is 0. The molecule has 0 unspecified atom stereocenters. The van der Waals surface area contributed by atoms with Gasteiger partial charge >= 0.3 is 0 Å². The van der Waals surface area contributed by atoms with Gasteiger partial charge in [-0.1, -0.05) is 89.7 Å². The summed E-state index contributed by atoms with van der Waals surface area (Å²) < 4.78 is 0. The molecule has 2 saturated carbocycles. The molecule has 134 valence electrons. The fourth-order valence-corrected chi connectivity index (χ4v) is 5.11. The molecule has 0 aromatic heterocycles. The normalized spacial score (nSPS) is 32.4. The second-order valence-electron chi connectivity index (χ2n) is 8.62. The second-order valence-corrected chi connectivity index (χ2v) is 8.62. The molecular weight excluding hydrogens is 276 g/mol. The van der Waals surface area contributed by atoms with E-state index in [0.29, 0.717) is 0 Å². The lowest BCUT2D eigenvalue weighted by atomic mass is 9.77. The molecule has 2 rings (SSSR count). The Morgan fingerprint density at radius 3 is 1.52 bits per heavy atom. The van der Waals surface area contributed by atoms with Crippen LogP contribution >= 0.6 is 0 Å². The van der Waals surface area contributed by atoms with Gasteiger partial charge in [0.25, 0.3) is 0 Å². The Balaban J connectivity index is 1.47. The maximum atomic E-state index is 2.44. The van der Waals surface area contributed by atoms with Gasteiger partial charge in [-0.2, -0.15) is 0 Å². The molecule has 0 amide bonds. The largest absolute Gasteiger partial charge is 0.0914 e. The van der Waals surface area contributed by atoms with E-state index in [1.54, 1.807) is 25.7 Å². The van der Waals surface area contributed by atoms with Crippen molar-refractivity contribution in [3.8, 4) is 0 Å². The van der Waals surface area contributed by atoms with Gasteiger partial charge in [0.05, 0.1) is 0 Å². The van der Waals surface area contributed by atoms with Gasteiger partial charge in [0.2, 0.25) is 0 Å². The van der Waals surface area contributed by atoms with Gasteiger partial charge in [0, 0.05) is 0 Å². The van der Waals surface area contributed by atoms with E-state index in [2.05, 4.69) is 26.0 Å². The highest BCUT2D eigenvalue weighted by Gasteiger charge is 2.21. The van der Waals surface area contributed by atoms with Gasteiger partial charge in [-0.25, -0.2) is 0 Å². The summed E-state index contributed by atoms with van der Waals surface area (Å²) in [5.41, 5.74) is 0. The summed E-state index contributed by atoms with van der Waals surface area (Å²) in [4.78, 5) is 0. The second kappa shape index (κ2) is 11.3. The zero-order valence-corrected chi connectivity index (χ0v) is 16.1. The smallest absolute Gasteiger partial charge is 0.0233 e. The predicted octanol–water partition coefficient (Wildman–Crippen LogP) is 7.93. The summed E-state index contributed by atoms with van der Waals surface area (Å²) in [5.74, 6) is 4.12. The first kappa shape index (κ1) is 19.1. The van der Waals surface area contributed by atoms with Crippen molar-refractivity contribution < 1.29 is 0 Å². The third-order valence-corrected chi connectivity index (χ3v) is 6.76. The molecule has 0 bridgehead atoms. The van der Waals surface area contributed by atoms with Crippen LogP contribution in [-0.4, -0.2) is 0 Å². The highest BCUT2D eigenvalue weighted by atomic mass is 14.3. The first-order valence-corrected chi connectivity index (χ1v) is 10.9. The van der Waals surface area contributed by atoms with E-state index < -0.39 is 0 Å². The minimum atomic E-state index is 0.902. The summed E-state index contributed by atoms with van der Waals surface area (Å²) >= 11 is 0. The van der Waals surface area contributed by atoms with Crippen molar-refractivity contribution in [1.29, 1.82) is 0 Å². The van der Waals surface area contributed by atoms with Gasteiger partial charge in [0.15, 0.2) is 0 Å². The number of unbranched alkanes of at least 4 members (excludes halogenated alkanes) is 2. The average Bonchev–Trinajstić information content (AvgIpc) is 2.59. The number of hydrogen-bond acceptors (Lipinski definition) is 0. The van der Waals surface area contributed by atoms with Crippen LogP contribution in [0.4, 0.5) is 0 Å². The molecule has 0 saturated heterocycles. The zero-order valence-electron chi connectivity index (χ0n) is 16.1. The number of hydrogen-bond donors (Lipinski definition) is 0. The monoisotopic (exact) mass is 318 g/mol. The van der Waals surface area contributed by atoms with Gasteiger partial charge in [-0.05, 0) is 56.3 Å².